The van der Waals surface area contributed by atoms with Crippen LogP contribution < -0.4 is 5.32 Å². The second-order valence-corrected chi connectivity index (χ2v) is 5.30. The molecule has 18 heavy (non-hydrogen) atoms. The maximum atomic E-state index is 11.7. The summed E-state index contributed by atoms with van der Waals surface area (Å²) >= 11 is 0. The third-order valence-corrected chi connectivity index (χ3v) is 4.01. The zero-order valence-electron chi connectivity index (χ0n) is 10.4. The van der Waals surface area contributed by atoms with Gasteiger partial charge in [0.1, 0.15) is 0 Å². The number of nitrogens with one attached hydrogen (secondary N) is 1. The summed E-state index contributed by atoms with van der Waals surface area (Å²) < 4.78 is 5.81. The normalized spacial score (nSPS) is 33.4. The van der Waals surface area contributed by atoms with E-state index < -0.39 is 0 Å². The van der Waals surface area contributed by atoms with Crippen molar-refractivity contribution in [1.82, 2.24) is 15.1 Å². The van der Waals surface area contributed by atoms with Crippen molar-refractivity contribution in [3.8, 4) is 0 Å². The molecular formula is C12H19N3O3. The number of carbonyl (C=O) groups excluding carboxylic acids is 2. The van der Waals surface area contributed by atoms with Gasteiger partial charge in [-0.25, -0.2) is 0 Å². The minimum absolute atomic E-state index is 0.0123. The van der Waals surface area contributed by atoms with E-state index in [1.54, 1.807) is 4.90 Å². The first-order chi connectivity index (χ1) is 8.72. The third-order valence-electron chi connectivity index (χ3n) is 4.01. The van der Waals surface area contributed by atoms with Crippen molar-refractivity contribution >= 4 is 11.8 Å². The van der Waals surface area contributed by atoms with Gasteiger partial charge in [0.25, 0.3) is 0 Å². The molecule has 3 saturated heterocycles. The molecule has 0 bridgehead atoms. The van der Waals surface area contributed by atoms with Gasteiger partial charge >= 0.3 is 0 Å². The number of piperazine rings is 1. The van der Waals surface area contributed by atoms with Crippen LogP contribution in [-0.4, -0.2) is 73.1 Å². The molecule has 100 valence electrons. The smallest absolute Gasteiger partial charge is 0.242 e. The number of nitrogens with zero attached hydrogens (tertiary/aromatic N) is 2. The van der Waals surface area contributed by atoms with Gasteiger partial charge in [0, 0.05) is 19.1 Å². The summed E-state index contributed by atoms with van der Waals surface area (Å²) in [5, 5.41) is 2.55. The molecule has 0 saturated carbocycles. The average Bonchev–Trinajstić information content (AvgIpc) is 2.81. The fourth-order valence-corrected chi connectivity index (χ4v) is 3.01. The van der Waals surface area contributed by atoms with Crippen LogP contribution in [-0.2, 0) is 14.3 Å². The summed E-state index contributed by atoms with van der Waals surface area (Å²) in [4.78, 5) is 27.0. The van der Waals surface area contributed by atoms with E-state index in [9.17, 15) is 9.59 Å². The van der Waals surface area contributed by atoms with Crippen molar-refractivity contribution in [1.29, 1.82) is 0 Å². The van der Waals surface area contributed by atoms with Crippen LogP contribution in [0.15, 0.2) is 0 Å². The fourth-order valence-electron chi connectivity index (χ4n) is 3.01. The highest BCUT2D eigenvalue weighted by atomic mass is 16.5. The van der Waals surface area contributed by atoms with Crippen LogP contribution in [0.2, 0.25) is 0 Å². The van der Waals surface area contributed by atoms with Crippen molar-refractivity contribution in [3.63, 3.8) is 0 Å². The molecule has 3 aliphatic rings. The maximum absolute atomic E-state index is 11.7. The number of hydrogen-bond acceptors (Lipinski definition) is 4. The van der Waals surface area contributed by atoms with E-state index in [0.717, 1.165) is 19.7 Å². The van der Waals surface area contributed by atoms with Crippen LogP contribution in [0.3, 0.4) is 0 Å². The van der Waals surface area contributed by atoms with E-state index in [2.05, 4.69) is 10.2 Å². The van der Waals surface area contributed by atoms with Gasteiger partial charge in [-0.1, -0.05) is 0 Å². The van der Waals surface area contributed by atoms with E-state index in [0.29, 0.717) is 12.6 Å². The number of carbonyl (C=O) groups is 2. The highest BCUT2D eigenvalue weighted by Crippen LogP contribution is 2.23. The fraction of sp³-hybridized carbons (Fsp3) is 0.833. The Balaban J connectivity index is 1.56. The topological polar surface area (TPSA) is 61.9 Å². The Morgan fingerprint density at radius 3 is 3.17 bits per heavy atom. The van der Waals surface area contributed by atoms with Crippen molar-refractivity contribution in [2.24, 2.45) is 0 Å². The molecule has 0 aromatic rings. The molecule has 0 aromatic heterocycles. The van der Waals surface area contributed by atoms with Crippen LogP contribution in [0, 0.1) is 0 Å². The Kier molecular flexibility index (Phi) is 3.22. The molecule has 6 heteroatoms. The molecule has 3 rings (SSSR count). The molecular weight excluding hydrogens is 234 g/mol. The SMILES string of the molecule is O=C1CN(CC2CN3CCCC3CO2)C(=O)CN1. The van der Waals surface area contributed by atoms with Gasteiger partial charge in [-0.15, -0.1) is 0 Å². The van der Waals surface area contributed by atoms with Gasteiger partial charge in [-0.3, -0.25) is 14.5 Å². The molecule has 3 heterocycles. The second kappa shape index (κ2) is 4.85. The molecule has 3 aliphatic heterocycles. The van der Waals surface area contributed by atoms with Crippen molar-refractivity contribution in [3.05, 3.63) is 0 Å². The summed E-state index contributed by atoms with van der Waals surface area (Å²) in [5.41, 5.74) is 0. The second-order valence-electron chi connectivity index (χ2n) is 5.30. The van der Waals surface area contributed by atoms with E-state index in [4.69, 9.17) is 4.74 Å². The highest BCUT2D eigenvalue weighted by Gasteiger charge is 2.34. The Labute approximate surface area is 106 Å². The Hall–Kier alpha value is -1.14. The van der Waals surface area contributed by atoms with E-state index >= 15 is 0 Å². The zero-order chi connectivity index (χ0) is 12.5. The van der Waals surface area contributed by atoms with Crippen LogP contribution in [0.25, 0.3) is 0 Å². The third kappa shape index (κ3) is 2.35. The van der Waals surface area contributed by atoms with Gasteiger partial charge in [0.05, 0.1) is 25.8 Å². The Bertz CT molecular complexity index is 360. The number of morpholine rings is 1. The van der Waals surface area contributed by atoms with Gasteiger partial charge in [-0.2, -0.15) is 0 Å². The lowest BCUT2D eigenvalue weighted by molar-refractivity contribution is -0.144. The molecule has 0 spiro atoms. The lowest BCUT2D eigenvalue weighted by Crippen LogP contribution is -2.56. The molecule has 0 aromatic carbocycles. The van der Waals surface area contributed by atoms with Crippen LogP contribution in [0.5, 0.6) is 0 Å². The minimum Gasteiger partial charge on any atom is -0.373 e. The summed E-state index contributed by atoms with van der Waals surface area (Å²) in [6, 6.07) is 0.571. The summed E-state index contributed by atoms with van der Waals surface area (Å²) in [6.45, 7) is 3.61. The van der Waals surface area contributed by atoms with Gasteiger partial charge < -0.3 is 15.0 Å². The lowest BCUT2D eigenvalue weighted by Gasteiger charge is -2.38. The number of ether oxygens (including phenoxy) is 1. The molecule has 3 fully saturated rings. The predicted octanol–water partition coefficient (Wildman–Crippen LogP) is -1.19. The minimum atomic E-state index is -0.0792. The summed E-state index contributed by atoms with van der Waals surface area (Å²) in [5.74, 6) is -0.0915. The molecule has 2 unspecified atom stereocenters. The number of hydrogen-bond donors (Lipinski definition) is 1. The molecule has 0 aliphatic carbocycles. The maximum Gasteiger partial charge on any atom is 0.242 e. The zero-order valence-corrected chi connectivity index (χ0v) is 10.4. The van der Waals surface area contributed by atoms with Crippen LogP contribution in [0.4, 0.5) is 0 Å². The average molecular weight is 253 g/mol. The molecule has 1 N–H and O–H groups in total. The number of rotatable bonds is 2. The lowest BCUT2D eigenvalue weighted by atomic mass is 10.1. The van der Waals surface area contributed by atoms with Crippen molar-refractivity contribution in [2.75, 3.05) is 39.3 Å². The molecule has 6 nitrogen and oxygen atoms in total. The van der Waals surface area contributed by atoms with Gasteiger partial charge in [0.15, 0.2) is 0 Å². The van der Waals surface area contributed by atoms with Crippen LogP contribution in [0.1, 0.15) is 12.8 Å². The first kappa shape index (κ1) is 11.9. The van der Waals surface area contributed by atoms with Gasteiger partial charge in [0.2, 0.25) is 11.8 Å². The first-order valence-corrected chi connectivity index (χ1v) is 6.62. The largest absolute Gasteiger partial charge is 0.373 e. The first-order valence-electron chi connectivity index (χ1n) is 6.62. The van der Waals surface area contributed by atoms with Gasteiger partial charge in [-0.05, 0) is 19.4 Å². The van der Waals surface area contributed by atoms with Crippen LogP contribution >= 0.6 is 0 Å². The van der Waals surface area contributed by atoms with E-state index in [1.165, 1.54) is 12.8 Å². The molecule has 2 atom stereocenters. The standard InChI is InChI=1S/C12H19N3O3/c16-11-7-15(12(17)4-13-11)6-10-5-14-3-1-2-9(14)8-18-10/h9-10H,1-8H2,(H,13,16). The number of fused-ring (bicyclic) bond motifs is 1. The quantitative estimate of drug-likeness (QED) is 0.672. The molecule has 2 amide bonds. The summed E-state index contributed by atoms with van der Waals surface area (Å²) in [7, 11) is 0. The molecule has 0 radical (unpaired) electrons. The number of amides is 2. The van der Waals surface area contributed by atoms with Crippen molar-refractivity contribution < 1.29 is 14.3 Å². The predicted molar refractivity (Wildman–Crippen MR) is 63.9 cm³/mol. The van der Waals surface area contributed by atoms with E-state index in [-0.39, 0.29) is 31.0 Å². The van der Waals surface area contributed by atoms with Crippen molar-refractivity contribution in [2.45, 2.75) is 25.0 Å². The Morgan fingerprint density at radius 1 is 1.39 bits per heavy atom. The Morgan fingerprint density at radius 2 is 2.28 bits per heavy atom. The monoisotopic (exact) mass is 253 g/mol. The summed E-state index contributed by atoms with van der Waals surface area (Å²) in [6.07, 6.45) is 2.51. The van der Waals surface area contributed by atoms with E-state index in [1.807, 2.05) is 0 Å². The highest BCUT2D eigenvalue weighted by molar-refractivity contribution is 5.92.